The number of hydrogen-bond acceptors (Lipinski definition) is 1. The first-order chi connectivity index (χ1) is 9.29. The molecular weight excluding hydrogens is 230 g/mol. The van der Waals surface area contributed by atoms with Crippen LogP contribution in [0, 0.1) is 23.7 Å². The highest BCUT2D eigenvalue weighted by Gasteiger charge is 2.29. The second kappa shape index (κ2) is 6.61. The van der Waals surface area contributed by atoms with Gasteiger partial charge < -0.3 is 4.90 Å². The summed E-state index contributed by atoms with van der Waals surface area (Å²) in [4.78, 5) is 2.77. The molecule has 1 saturated heterocycles. The summed E-state index contributed by atoms with van der Waals surface area (Å²) in [5.41, 5.74) is 0. The van der Waals surface area contributed by atoms with Gasteiger partial charge in [0, 0.05) is 6.54 Å². The van der Waals surface area contributed by atoms with E-state index >= 15 is 0 Å². The van der Waals surface area contributed by atoms with Gasteiger partial charge in [-0.3, -0.25) is 0 Å². The molecule has 1 heteroatoms. The highest BCUT2D eigenvalue weighted by Crippen LogP contribution is 2.36. The minimum atomic E-state index is 1.02. The van der Waals surface area contributed by atoms with Crippen molar-refractivity contribution >= 4 is 0 Å². The van der Waals surface area contributed by atoms with Crippen molar-refractivity contribution in [3.05, 3.63) is 0 Å². The van der Waals surface area contributed by atoms with Crippen LogP contribution in [-0.4, -0.2) is 24.5 Å². The van der Waals surface area contributed by atoms with E-state index in [4.69, 9.17) is 0 Å². The molecule has 0 unspecified atom stereocenters. The van der Waals surface area contributed by atoms with Gasteiger partial charge in [0.1, 0.15) is 0 Å². The molecule has 19 heavy (non-hydrogen) atoms. The van der Waals surface area contributed by atoms with Crippen LogP contribution in [0.5, 0.6) is 0 Å². The van der Waals surface area contributed by atoms with Crippen LogP contribution in [0.3, 0.4) is 0 Å². The molecule has 0 radical (unpaired) electrons. The third-order valence-electron chi connectivity index (χ3n) is 6.09. The fraction of sp³-hybridized carbons (Fsp3) is 1.00. The van der Waals surface area contributed by atoms with Crippen molar-refractivity contribution in [1.29, 1.82) is 0 Å². The minimum Gasteiger partial charge on any atom is -0.303 e. The van der Waals surface area contributed by atoms with Crippen LogP contribution in [0.25, 0.3) is 0 Å². The molecule has 110 valence electrons. The Morgan fingerprint density at radius 2 is 1.42 bits per heavy atom. The van der Waals surface area contributed by atoms with Crippen molar-refractivity contribution in [2.75, 3.05) is 19.6 Å². The summed E-state index contributed by atoms with van der Waals surface area (Å²) in [5.74, 6) is 4.23. The van der Waals surface area contributed by atoms with Crippen LogP contribution in [-0.2, 0) is 0 Å². The molecule has 0 bridgehead atoms. The average Bonchev–Trinajstić information content (AvgIpc) is 2.40. The monoisotopic (exact) mass is 263 g/mol. The van der Waals surface area contributed by atoms with Crippen molar-refractivity contribution in [3.63, 3.8) is 0 Å². The molecule has 0 aromatic carbocycles. The maximum atomic E-state index is 2.77. The summed E-state index contributed by atoms with van der Waals surface area (Å²) in [6, 6.07) is 0. The highest BCUT2D eigenvalue weighted by atomic mass is 15.1. The smallest absolute Gasteiger partial charge is 0.000986 e. The Morgan fingerprint density at radius 1 is 0.789 bits per heavy atom. The van der Waals surface area contributed by atoms with E-state index in [0.717, 1.165) is 23.7 Å². The predicted molar refractivity (Wildman–Crippen MR) is 82.2 cm³/mol. The number of piperidine rings is 1. The molecule has 0 atom stereocenters. The topological polar surface area (TPSA) is 3.24 Å². The molecule has 3 rings (SSSR count). The molecule has 3 aliphatic rings. The molecule has 1 aliphatic heterocycles. The van der Waals surface area contributed by atoms with Gasteiger partial charge in [-0.1, -0.05) is 39.0 Å². The van der Waals surface area contributed by atoms with Gasteiger partial charge in [-0.2, -0.15) is 0 Å². The minimum absolute atomic E-state index is 1.02. The van der Waals surface area contributed by atoms with Crippen molar-refractivity contribution in [3.8, 4) is 0 Å². The number of hydrogen-bond donors (Lipinski definition) is 0. The number of rotatable bonds is 4. The van der Waals surface area contributed by atoms with Gasteiger partial charge in [0.05, 0.1) is 0 Å². The third kappa shape index (κ3) is 3.97. The summed E-state index contributed by atoms with van der Waals surface area (Å²) in [6.45, 7) is 6.64. The fourth-order valence-corrected chi connectivity index (χ4v) is 4.88. The SMILES string of the molecule is CC1CC(CN2CCC(CC3CCCCC3)CC2)C1. The lowest BCUT2D eigenvalue weighted by atomic mass is 9.75. The van der Waals surface area contributed by atoms with Gasteiger partial charge in [0.25, 0.3) is 0 Å². The Hall–Kier alpha value is -0.0400. The van der Waals surface area contributed by atoms with Gasteiger partial charge in [0.15, 0.2) is 0 Å². The van der Waals surface area contributed by atoms with Crippen LogP contribution in [0.2, 0.25) is 0 Å². The van der Waals surface area contributed by atoms with Crippen LogP contribution in [0.4, 0.5) is 0 Å². The molecule has 3 fully saturated rings. The van der Waals surface area contributed by atoms with Gasteiger partial charge in [-0.05, 0) is 68.9 Å². The van der Waals surface area contributed by atoms with Crippen molar-refractivity contribution in [2.24, 2.45) is 23.7 Å². The first-order valence-corrected chi connectivity index (χ1v) is 9.02. The molecule has 1 nitrogen and oxygen atoms in total. The van der Waals surface area contributed by atoms with E-state index in [9.17, 15) is 0 Å². The zero-order valence-corrected chi connectivity index (χ0v) is 12.9. The van der Waals surface area contributed by atoms with Crippen molar-refractivity contribution in [1.82, 2.24) is 4.90 Å². The third-order valence-corrected chi connectivity index (χ3v) is 6.09. The van der Waals surface area contributed by atoms with Gasteiger partial charge in [-0.25, -0.2) is 0 Å². The number of likely N-dealkylation sites (tertiary alicyclic amines) is 1. The maximum Gasteiger partial charge on any atom is 0.000986 e. The Morgan fingerprint density at radius 3 is 2.05 bits per heavy atom. The molecule has 0 N–H and O–H groups in total. The van der Waals surface area contributed by atoms with Crippen LogP contribution >= 0.6 is 0 Å². The molecule has 0 aromatic rings. The quantitative estimate of drug-likeness (QED) is 0.709. The van der Waals surface area contributed by atoms with Crippen LogP contribution in [0.1, 0.15) is 71.1 Å². The summed E-state index contributed by atoms with van der Waals surface area (Å²) in [7, 11) is 0. The maximum absolute atomic E-state index is 2.77. The summed E-state index contributed by atoms with van der Waals surface area (Å²) in [5, 5.41) is 0. The van der Waals surface area contributed by atoms with E-state index in [1.165, 1.54) is 64.6 Å². The van der Waals surface area contributed by atoms with E-state index in [2.05, 4.69) is 11.8 Å². The molecular formula is C18H33N. The molecule has 0 spiro atoms. The van der Waals surface area contributed by atoms with E-state index in [0.29, 0.717) is 0 Å². The average molecular weight is 263 g/mol. The van der Waals surface area contributed by atoms with E-state index < -0.39 is 0 Å². The zero-order chi connectivity index (χ0) is 13.1. The summed E-state index contributed by atoms with van der Waals surface area (Å²) < 4.78 is 0. The van der Waals surface area contributed by atoms with E-state index in [-0.39, 0.29) is 0 Å². The van der Waals surface area contributed by atoms with E-state index in [1.807, 2.05) is 0 Å². The fourth-order valence-electron chi connectivity index (χ4n) is 4.88. The molecule has 0 aromatic heterocycles. The van der Waals surface area contributed by atoms with Crippen LogP contribution in [0.15, 0.2) is 0 Å². The molecule has 1 heterocycles. The Labute approximate surface area is 120 Å². The number of nitrogens with zero attached hydrogens (tertiary/aromatic N) is 1. The lowest BCUT2D eigenvalue weighted by molar-refractivity contribution is 0.0969. The molecule has 2 saturated carbocycles. The lowest BCUT2D eigenvalue weighted by Crippen LogP contribution is -2.40. The van der Waals surface area contributed by atoms with E-state index in [1.54, 1.807) is 19.3 Å². The second-order valence-electron chi connectivity index (χ2n) is 7.93. The van der Waals surface area contributed by atoms with Crippen LogP contribution < -0.4 is 0 Å². The Kier molecular flexibility index (Phi) is 4.84. The summed E-state index contributed by atoms with van der Waals surface area (Å²) >= 11 is 0. The van der Waals surface area contributed by atoms with Crippen molar-refractivity contribution in [2.45, 2.75) is 71.1 Å². The lowest BCUT2D eigenvalue weighted by Gasteiger charge is -2.40. The zero-order valence-electron chi connectivity index (χ0n) is 12.9. The molecule has 2 aliphatic carbocycles. The standard InChI is InChI=1S/C18H33N/c1-15-11-18(12-15)14-19-9-7-17(8-10-19)13-16-5-3-2-4-6-16/h15-18H,2-14H2,1H3. The predicted octanol–water partition coefficient (Wildman–Crippen LogP) is 4.71. The van der Waals surface area contributed by atoms with Gasteiger partial charge in [0.2, 0.25) is 0 Å². The van der Waals surface area contributed by atoms with Gasteiger partial charge >= 0.3 is 0 Å². The second-order valence-corrected chi connectivity index (χ2v) is 7.93. The first kappa shape index (κ1) is 13.9. The van der Waals surface area contributed by atoms with Gasteiger partial charge in [-0.15, -0.1) is 0 Å². The largest absolute Gasteiger partial charge is 0.303 e. The first-order valence-electron chi connectivity index (χ1n) is 9.02. The highest BCUT2D eigenvalue weighted by molar-refractivity contribution is 4.82. The normalized spacial score (nSPS) is 35.2. The Balaban J connectivity index is 1.32. The van der Waals surface area contributed by atoms with Crippen molar-refractivity contribution < 1.29 is 0 Å². The summed E-state index contributed by atoms with van der Waals surface area (Å²) in [6.07, 6.45) is 15.2. The Bertz CT molecular complexity index is 255. The molecule has 0 amide bonds.